The maximum absolute atomic E-state index is 12.2. The first kappa shape index (κ1) is 12.0. The second kappa shape index (κ2) is 5.21. The highest BCUT2D eigenvalue weighted by Gasteiger charge is 2.23. The van der Waals surface area contributed by atoms with Crippen LogP contribution in [0.25, 0.3) is 0 Å². The van der Waals surface area contributed by atoms with Crippen LogP contribution in [0.1, 0.15) is 18.4 Å². The fraction of sp³-hybridized carbons (Fsp3) is 0.600. The van der Waals surface area contributed by atoms with Gasteiger partial charge in [-0.1, -0.05) is 11.6 Å². The SMILES string of the molecule is Cc1cnc([S@](=O)[C@@H]2CCCNC2)nc1Cl. The van der Waals surface area contributed by atoms with Crippen molar-refractivity contribution in [3.05, 3.63) is 16.9 Å². The fourth-order valence-corrected chi connectivity index (χ4v) is 3.12. The third-order valence-electron chi connectivity index (χ3n) is 2.62. The predicted molar refractivity (Wildman–Crippen MR) is 64.1 cm³/mol. The Morgan fingerprint density at radius 1 is 1.62 bits per heavy atom. The second-order valence-electron chi connectivity index (χ2n) is 3.89. The number of aromatic nitrogens is 2. The van der Waals surface area contributed by atoms with Crippen LogP contribution in [0.4, 0.5) is 0 Å². The highest BCUT2D eigenvalue weighted by atomic mass is 35.5. The van der Waals surface area contributed by atoms with Crippen molar-refractivity contribution in [3.63, 3.8) is 0 Å². The Kier molecular flexibility index (Phi) is 3.89. The minimum Gasteiger partial charge on any atom is -0.316 e. The van der Waals surface area contributed by atoms with Gasteiger partial charge >= 0.3 is 0 Å². The molecule has 1 aromatic heterocycles. The number of nitrogens with zero attached hydrogens (tertiary/aromatic N) is 2. The van der Waals surface area contributed by atoms with Crippen LogP contribution in [0.2, 0.25) is 5.15 Å². The van der Waals surface area contributed by atoms with E-state index in [1.165, 1.54) is 0 Å². The normalized spacial score (nSPS) is 23.0. The molecule has 1 fully saturated rings. The number of hydrogen-bond donors (Lipinski definition) is 1. The molecule has 1 N–H and O–H groups in total. The maximum atomic E-state index is 12.2. The van der Waals surface area contributed by atoms with Gasteiger partial charge in [0.05, 0.1) is 16.0 Å². The van der Waals surface area contributed by atoms with E-state index in [1.807, 2.05) is 6.92 Å². The highest BCUT2D eigenvalue weighted by Crippen LogP contribution is 2.17. The summed E-state index contributed by atoms with van der Waals surface area (Å²) in [6.07, 6.45) is 3.63. The summed E-state index contributed by atoms with van der Waals surface area (Å²) in [5, 5.41) is 4.08. The molecule has 0 aromatic carbocycles. The molecule has 0 spiro atoms. The monoisotopic (exact) mass is 259 g/mol. The molecule has 16 heavy (non-hydrogen) atoms. The molecular formula is C10H14ClN3OS. The molecule has 0 bridgehead atoms. The van der Waals surface area contributed by atoms with Crippen LogP contribution >= 0.6 is 11.6 Å². The predicted octanol–water partition coefficient (Wildman–Crippen LogP) is 1.30. The smallest absolute Gasteiger partial charge is 0.220 e. The van der Waals surface area contributed by atoms with E-state index in [9.17, 15) is 4.21 Å². The lowest BCUT2D eigenvalue weighted by molar-refractivity contribution is 0.518. The zero-order chi connectivity index (χ0) is 11.5. The molecule has 1 aliphatic heterocycles. The second-order valence-corrected chi connectivity index (χ2v) is 5.88. The number of hydrogen-bond acceptors (Lipinski definition) is 4. The third kappa shape index (κ3) is 2.59. The third-order valence-corrected chi connectivity index (χ3v) is 4.57. The van der Waals surface area contributed by atoms with Gasteiger partial charge in [0.15, 0.2) is 0 Å². The van der Waals surface area contributed by atoms with Crippen LogP contribution < -0.4 is 5.32 Å². The standard InChI is InChI=1S/C10H14ClN3OS/c1-7-5-13-10(14-9(7)11)16(15)8-3-2-4-12-6-8/h5,8,12H,2-4,6H2,1H3/t8-,16-/m1/s1. The lowest BCUT2D eigenvalue weighted by Gasteiger charge is -2.21. The number of halogens is 1. The summed E-state index contributed by atoms with van der Waals surface area (Å²) >= 11 is 5.90. The van der Waals surface area contributed by atoms with Gasteiger partial charge in [-0.15, -0.1) is 0 Å². The number of rotatable bonds is 2. The van der Waals surface area contributed by atoms with Gasteiger partial charge in [0, 0.05) is 18.3 Å². The van der Waals surface area contributed by atoms with Crippen molar-refractivity contribution >= 4 is 22.4 Å². The van der Waals surface area contributed by atoms with Crippen molar-refractivity contribution in [1.82, 2.24) is 15.3 Å². The molecular weight excluding hydrogens is 246 g/mol. The van der Waals surface area contributed by atoms with Crippen molar-refractivity contribution in [2.75, 3.05) is 13.1 Å². The summed E-state index contributed by atoms with van der Waals surface area (Å²) in [6, 6.07) is 0. The zero-order valence-corrected chi connectivity index (χ0v) is 10.6. The molecule has 0 aliphatic carbocycles. The van der Waals surface area contributed by atoms with Crippen LogP contribution in [-0.2, 0) is 10.8 Å². The van der Waals surface area contributed by atoms with Crippen LogP contribution in [0, 0.1) is 6.92 Å². The molecule has 0 unspecified atom stereocenters. The topological polar surface area (TPSA) is 54.9 Å². The highest BCUT2D eigenvalue weighted by molar-refractivity contribution is 7.85. The van der Waals surface area contributed by atoms with Gasteiger partial charge in [-0.3, -0.25) is 4.21 Å². The van der Waals surface area contributed by atoms with Crippen molar-refractivity contribution in [1.29, 1.82) is 0 Å². The first-order valence-electron chi connectivity index (χ1n) is 5.29. The molecule has 6 heteroatoms. The van der Waals surface area contributed by atoms with E-state index in [4.69, 9.17) is 11.6 Å². The van der Waals surface area contributed by atoms with Crippen LogP contribution in [0.3, 0.4) is 0 Å². The maximum Gasteiger partial charge on any atom is 0.220 e. The molecule has 0 radical (unpaired) electrons. The van der Waals surface area contributed by atoms with Gasteiger partial charge in [-0.05, 0) is 26.3 Å². The zero-order valence-electron chi connectivity index (χ0n) is 9.07. The minimum absolute atomic E-state index is 0.104. The Bertz CT molecular complexity index is 407. The molecule has 0 saturated carbocycles. The number of aryl methyl sites for hydroxylation is 1. The van der Waals surface area contributed by atoms with E-state index in [0.717, 1.165) is 31.5 Å². The van der Waals surface area contributed by atoms with E-state index in [1.54, 1.807) is 6.20 Å². The summed E-state index contributed by atoms with van der Waals surface area (Å²) in [7, 11) is -1.16. The Balaban J connectivity index is 2.16. The van der Waals surface area contributed by atoms with Gasteiger partial charge in [0.1, 0.15) is 5.15 Å². The Morgan fingerprint density at radius 2 is 2.44 bits per heavy atom. The van der Waals surface area contributed by atoms with Crippen LogP contribution in [0.15, 0.2) is 11.4 Å². The first-order valence-corrected chi connectivity index (χ1v) is 6.88. The lowest BCUT2D eigenvalue weighted by atomic mass is 10.2. The summed E-state index contributed by atoms with van der Waals surface area (Å²) in [4.78, 5) is 8.16. The van der Waals surface area contributed by atoms with Gasteiger partial charge in [0.25, 0.3) is 0 Å². The van der Waals surface area contributed by atoms with E-state index >= 15 is 0 Å². The Labute approximate surface area is 102 Å². The van der Waals surface area contributed by atoms with E-state index < -0.39 is 10.8 Å². The lowest BCUT2D eigenvalue weighted by Crippen LogP contribution is -2.36. The average Bonchev–Trinajstić information content (AvgIpc) is 2.33. The molecule has 0 amide bonds. The minimum atomic E-state index is -1.16. The summed E-state index contributed by atoms with van der Waals surface area (Å²) in [5.41, 5.74) is 0.809. The van der Waals surface area contributed by atoms with Gasteiger partial charge in [-0.25, -0.2) is 9.97 Å². The number of nitrogens with one attached hydrogen (secondary N) is 1. The van der Waals surface area contributed by atoms with Crippen molar-refractivity contribution in [2.24, 2.45) is 0 Å². The molecule has 2 atom stereocenters. The molecule has 1 aliphatic rings. The van der Waals surface area contributed by atoms with Crippen molar-refractivity contribution in [3.8, 4) is 0 Å². The summed E-state index contributed by atoms with van der Waals surface area (Å²) in [5.74, 6) is 0. The van der Waals surface area contributed by atoms with Crippen LogP contribution in [0.5, 0.6) is 0 Å². The fourth-order valence-electron chi connectivity index (χ4n) is 1.65. The molecule has 88 valence electrons. The average molecular weight is 260 g/mol. The molecule has 2 heterocycles. The molecule has 4 nitrogen and oxygen atoms in total. The van der Waals surface area contributed by atoms with Crippen LogP contribution in [-0.4, -0.2) is 32.5 Å². The van der Waals surface area contributed by atoms with Gasteiger partial charge in [-0.2, -0.15) is 0 Å². The molecule has 2 rings (SSSR count). The Morgan fingerprint density at radius 3 is 3.06 bits per heavy atom. The summed E-state index contributed by atoms with van der Waals surface area (Å²) in [6.45, 7) is 3.60. The quantitative estimate of drug-likeness (QED) is 0.643. The van der Waals surface area contributed by atoms with E-state index in [2.05, 4.69) is 15.3 Å². The van der Waals surface area contributed by atoms with Crippen molar-refractivity contribution < 1.29 is 4.21 Å². The molecule has 1 saturated heterocycles. The molecule has 1 aromatic rings. The number of piperidine rings is 1. The largest absolute Gasteiger partial charge is 0.316 e. The van der Waals surface area contributed by atoms with Gasteiger partial charge < -0.3 is 5.32 Å². The first-order chi connectivity index (χ1) is 7.68. The van der Waals surface area contributed by atoms with E-state index in [0.29, 0.717) is 10.3 Å². The van der Waals surface area contributed by atoms with Gasteiger partial charge in [0.2, 0.25) is 5.16 Å². The van der Waals surface area contributed by atoms with Crippen molar-refractivity contribution in [2.45, 2.75) is 30.2 Å². The van der Waals surface area contributed by atoms with E-state index in [-0.39, 0.29) is 5.25 Å². The Hall–Kier alpha value is -0.520. The summed E-state index contributed by atoms with van der Waals surface area (Å²) < 4.78 is 12.2.